The molecule has 1 heterocycles. The van der Waals surface area contributed by atoms with Gasteiger partial charge in [0.25, 0.3) is 0 Å². The van der Waals surface area contributed by atoms with Crippen molar-refractivity contribution in [3.8, 4) is 11.8 Å². The molecule has 0 aromatic heterocycles. The van der Waals surface area contributed by atoms with Gasteiger partial charge in [-0.05, 0) is 6.07 Å². The second-order valence-electron chi connectivity index (χ2n) is 3.59. The van der Waals surface area contributed by atoms with E-state index in [0.29, 0.717) is 12.5 Å². The van der Waals surface area contributed by atoms with Crippen molar-refractivity contribution in [3.63, 3.8) is 0 Å². The quantitative estimate of drug-likeness (QED) is 0.762. The van der Waals surface area contributed by atoms with E-state index in [0.717, 1.165) is 25.3 Å². The summed E-state index contributed by atoms with van der Waals surface area (Å²) in [5.74, 6) is 0.971. The van der Waals surface area contributed by atoms with Crippen LogP contribution in [0.25, 0.3) is 0 Å². The Kier molecular flexibility index (Phi) is 3.21. The average Bonchev–Trinajstić information content (AvgIpc) is 2.30. The van der Waals surface area contributed by atoms with Crippen LogP contribution in [0.5, 0.6) is 5.75 Å². The maximum absolute atomic E-state index is 8.48. The molecule has 1 atom stereocenters. The lowest BCUT2D eigenvalue weighted by Gasteiger charge is -2.26. The summed E-state index contributed by atoms with van der Waals surface area (Å²) >= 11 is 0. The molecule has 0 aliphatic carbocycles. The number of nitriles is 1. The molecule has 0 amide bonds. The predicted octanol–water partition coefficient (Wildman–Crippen LogP) is 2.01. The number of hydrogen-bond donors (Lipinski definition) is 1. The normalized spacial score (nSPS) is 18.7. The number of nitrogens with one attached hydrogen (secondary N) is 1. The molecule has 1 aromatic rings. The molecule has 2 rings (SSSR count). The fourth-order valence-corrected chi connectivity index (χ4v) is 1.86. The Morgan fingerprint density at radius 3 is 3.20 bits per heavy atom. The average molecular weight is 202 g/mol. The van der Waals surface area contributed by atoms with Gasteiger partial charge in [0.2, 0.25) is 0 Å². The van der Waals surface area contributed by atoms with Crippen molar-refractivity contribution in [3.05, 3.63) is 29.8 Å². The second-order valence-corrected chi connectivity index (χ2v) is 3.59. The minimum Gasteiger partial charge on any atom is -0.493 e. The fourth-order valence-electron chi connectivity index (χ4n) is 1.86. The first-order valence-corrected chi connectivity index (χ1v) is 5.24. The van der Waals surface area contributed by atoms with Crippen LogP contribution in [0.2, 0.25) is 0 Å². The lowest BCUT2D eigenvalue weighted by molar-refractivity contribution is 0.253. The first-order valence-electron chi connectivity index (χ1n) is 5.24. The van der Waals surface area contributed by atoms with Crippen LogP contribution in [0.1, 0.15) is 24.4 Å². The second kappa shape index (κ2) is 4.81. The van der Waals surface area contributed by atoms with Gasteiger partial charge in [0, 0.05) is 31.0 Å². The number of fused-ring (bicyclic) bond motifs is 1. The van der Waals surface area contributed by atoms with Crippen LogP contribution in [0, 0.1) is 11.3 Å². The number of para-hydroxylation sites is 1. The molecule has 1 N–H and O–H groups in total. The van der Waals surface area contributed by atoms with E-state index in [1.807, 2.05) is 18.2 Å². The molecule has 1 aromatic carbocycles. The summed E-state index contributed by atoms with van der Waals surface area (Å²) in [6.07, 6.45) is 1.53. The summed E-state index contributed by atoms with van der Waals surface area (Å²) in [6, 6.07) is 10.6. The van der Waals surface area contributed by atoms with Crippen LogP contribution < -0.4 is 10.1 Å². The molecule has 0 saturated heterocycles. The highest BCUT2D eigenvalue weighted by Crippen LogP contribution is 2.31. The minimum atomic E-state index is 0.336. The lowest BCUT2D eigenvalue weighted by atomic mass is 10.0. The lowest BCUT2D eigenvalue weighted by Crippen LogP contribution is -2.27. The molecule has 1 aliphatic heterocycles. The number of rotatable bonds is 3. The molecule has 0 radical (unpaired) electrons. The summed E-state index contributed by atoms with van der Waals surface area (Å²) in [4.78, 5) is 0. The van der Waals surface area contributed by atoms with Gasteiger partial charge in [0.1, 0.15) is 5.75 Å². The molecule has 0 saturated carbocycles. The third-order valence-corrected chi connectivity index (χ3v) is 2.59. The van der Waals surface area contributed by atoms with E-state index < -0.39 is 0 Å². The van der Waals surface area contributed by atoms with E-state index in [-0.39, 0.29) is 0 Å². The van der Waals surface area contributed by atoms with Gasteiger partial charge in [-0.15, -0.1) is 0 Å². The van der Waals surface area contributed by atoms with Crippen LogP contribution in [-0.2, 0) is 0 Å². The highest BCUT2D eigenvalue weighted by molar-refractivity contribution is 5.37. The Morgan fingerprint density at radius 1 is 1.47 bits per heavy atom. The zero-order chi connectivity index (χ0) is 10.5. The largest absolute Gasteiger partial charge is 0.493 e. The molecule has 15 heavy (non-hydrogen) atoms. The Hall–Kier alpha value is -1.53. The van der Waals surface area contributed by atoms with Gasteiger partial charge in [-0.25, -0.2) is 0 Å². The Balaban J connectivity index is 2.06. The maximum Gasteiger partial charge on any atom is 0.124 e. The maximum atomic E-state index is 8.48. The molecule has 0 spiro atoms. The van der Waals surface area contributed by atoms with E-state index in [9.17, 15) is 0 Å². The van der Waals surface area contributed by atoms with Crippen molar-refractivity contribution in [2.24, 2.45) is 0 Å². The fraction of sp³-hybridized carbons (Fsp3) is 0.417. The van der Waals surface area contributed by atoms with Gasteiger partial charge in [0.05, 0.1) is 12.7 Å². The van der Waals surface area contributed by atoms with E-state index >= 15 is 0 Å². The van der Waals surface area contributed by atoms with Crippen molar-refractivity contribution in [1.82, 2.24) is 5.32 Å². The Labute approximate surface area is 89.7 Å². The topological polar surface area (TPSA) is 45.0 Å². The minimum absolute atomic E-state index is 0.336. The van der Waals surface area contributed by atoms with Crippen molar-refractivity contribution >= 4 is 0 Å². The van der Waals surface area contributed by atoms with E-state index in [1.165, 1.54) is 5.56 Å². The van der Waals surface area contributed by atoms with Gasteiger partial charge in [0.15, 0.2) is 0 Å². The van der Waals surface area contributed by atoms with Crippen LogP contribution in [0.3, 0.4) is 0 Å². The summed E-state index contributed by atoms with van der Waals surface area (Å²) in [6.45, 7) is 1.50. The third-order valence-electron chi connectivity index (χ3n) is 2.59. The zero-order valence-electron chi connectivity index (χ0n) is 8.57. The highest BCUT2D eigenvalue weighted by atomic mass is 16.5. The summed E-state index contributed by atoms with van der Waals surface area (Å²) in [5.41, 5.74) is 1.21. The summed E-state index contributed by atoms with van der Waals surface area (Å²) < 4.78 is 5.55. The van der Waals surface area contributed by atoms with Crippen molar-refractivity contribution in [1.29, 1.82) is 5.26 Å². The molecular weight excluding hydrogens is 188 g/mol. The SMILES string of the molecule is N#CCCNC1CCOc2ccccc21. The standard InChI is InChI=1S/C12H14N2O/c13-7-3-8-14-11-6-9-15-12-5-2-1-4-10(11)12/h1-2,4-5,11,14H,3,6,8-9H2. The monoisotopic (exact) mass is 202 g/mol. The summed E-state index contributed by atoms with van der Waals surface area (Å²) in [7, 11) is 0. The van der Waals surface area contributed by atoms with Crippen LogP contribution >= 0.6 is 0 Å². The molecule has 0 bridgehead atoms. The van der Waals surface area contributed by atoms with Crippen molar-refractivity contribution in [2.75, 3.05) is 13.2 Å². The van der Waals surface area contributed by atoms with Crippen LogP contribution in [0.4, 0.5) is 0 Å². The number of nitrogens with zero attached hydrogens (tertiary/aromatic N) is 1. The molecule has 1 unspecified atom stereocenters. The molecule has 78 valence electrons. The van der Waals surface area contributed by atoms with E-state index in [1.54, 1.807) is 0 Å². The number of hydrogen-bond acceptors (Lipinski definition) is 3. The van der Waals surface area contributed by atoms with Gasteiger partial charge in [-0.1, -0.05) is 18.2 Å². The third kappa shape index (κ3) is 2.28. The van der Waals surface area contributed by atoms with Crippen molar-refractivity contribution in [2.45, 2.75) is 18.9 Å². The predicted molar refractivity (Wildman–Crippen MR) is 57.5 cm³/mol. The van der Waals surface area contributed by atoms with E-state index in [2.05, 4.69) is 17.5 Å². The first kappa shape index (κ1) is 10.0. The smallest absolute Gasteiger partial charge is 0.124 e. The molecule has 1 aliphatic rings. The Bertz CT molecular complexity index is 370. The Morgan fingerprint density at radius 2 is 2.33 bits per heavy atom. The molecular formula is C12H14N2O. The van der Waals surface area contributed by atoms with E-state index in [4.69, 9.17) is 10.00 Å². The highest BCUT2D eigenvalue weighted by Gasteiger charge is 2.19. The first-order chi connectivity index (χ1) is 7.42. The van der Waals surface area contributed by atoms with Gasteiger partial charge < -0.3 is 10.1 Å². The molecule has 3 heteroatoms. The van der Waals surface area contributed by atoms with Crippen LogP contribution in [0.15, 0.2) is 24.3 Å². The zero-order valence-corrected chi connectivity index (χ0v) is 8.57. The van der Waals surface area contributed by atoms with Crippen molar-refractivity contribution < 1.29 is 4.74 Å². The van der Waals surface area contributed by atoms with Gasteiger partial charge >= 0.3 is 0 Å². The molecule has 0 fully saturated rings. The van der Waals surface area contributed by atoms with Crippen LogP contribution in [-0.4, -0.2) is 13.2 Å². The number of ether oxygens (including phenoxy) is 1. The summed E-state index contributed by atoms with van der Waals surface area (Å²) in [5, 5.41) is 11.9. The molecule has 3 nitrogen and oxygen atoms in total. The number of benzene rings is 1. The van der Waals surface area contributed by atoms with Gasteiger partial charge in [-0.3, -0.25) is 0 Å². The van der Waals surface area contributed by atoms with Gasteiger partial charge in [-0.2, -0.15) is 5.26 Å².